The van der Waals surface area contributed by atoms with E-state index < -0.39 is 36.0 Å². The molecule has 2 aliphatic rings. The SMILES string of the molecule is CCC(C)C(NC(=O)CN1C(=O)NC2(CCCC2)C1=O)C(=O)OC. The van der Waals surface area contributed by atoms with Gasteiger partial charge in [-0.1, -0.05) is 33.1 Å². The molecule has 0 aromatic heterocycles. The molecule has 1 aliphatic heterocycles. The quantitative estimate of drug-likeness (QED) is 0.543. The fourth-order valence-electron chi connectivity index (χ4n) is 3.30. The Morgan fingerprint density at radius 2 is 1.96 bits per heavy atom. The fourth-order valence-corrected chi connectivity index (χ4v) is 3.30. The molecular formula is C16H25N3O5. The maximum absolute atomic E-state index is 12.5. The number of carbonyl (C=O) groups is 4. The van der Waals surface area contributed by atoms with Gasteiger partial charge in [-0.2, -0.15) is 0 Å². The fraction of sp³-hybridized carbons (Fsp3) is 0.750. The van der Waals surface area contributed by atoms with Crippen LogP contribution in [-0.2, 0) is 19.1 Å². The highest BCUT2D eigenvalue weighted by atomic mass is 16.5. The van der Waals surface area contributed by atoms with Gasteiger partial charge >= 0.3 is 12.0 Å². The summed E-state index contributed by atoms with van der Waals surface area (Å²) >= 11 is 0. The van der Waals surface area contributed by atoms with Crippen molar-refractivity contribution in [2.45, 2.75) is 57.5 Å². The molecule has 2 fully saturated rings. The largest absolute Gasteiger partial charge is 0.467 e. The Balaban J connectivity index is 2.02. The molecule has 0 radical (unpaired) electrons. The lowest BCUT2D eigenvalue weighted by molar-refractivity contribution is -0.146. The number of urea groups is 1. The van der Waals surface area contributed by atoms with E-state index in [1.807, 2.05) is 13.8 Å². The highest BCUT2D eigenvalue weighted by Gasteiger charge is 2.52. The Morgan fingerprint density at radius 1 is 1.33 bits per heavy atom. The molecule has 134 valence electrons. The van der Waals surface area contributed by atoms with Crippen LogP contribution in [0.1, 0.15) is 46.0 Å². The molecule has 1 saturated heterocycles. The van der Waals surface area contributed by atoms with Crippen LogP contribution in [0.4, 0.5) is 4.79 Å². The summed E-state index contributed by atoms with van der Waals surface area (Å²) in [6.45, 7) is 3.33. The molecule has 0 aromatic carbocycles. The minimum atomic E-state index is -0.837. The van der Waals surface area contributed by atoms with E-state index in [0.29, 0.717) is 19.3 Å². The smallest absolute Gasteiger partial charge is 0.328 e. The molecule has 24 heavy (non-hydrogen) atoms. The normalized spacial score (nSPS) is 21.5. The van der Waals surface area contributed by atoms with Crippen molar-refractivity contribution in [3.05, 3.63) is 0 Å². The maximum atomic E-state index is 12.5. The molecule has 2 atom stereocenters. The molecule has 4 amide bonds. The van der Waals surface area contributed by atoms with Gasteiger partial charge in [-0.25, -0.2) is 9.59 Å². The van der Waals surface area contributed by atoms with Crippen molar-refractivity contribution in [1.29, 1.82) is 0 Å². The van der Waals surface area contributed by atoms with Crippen LogP contribution in [0.15, 0.2) is 0 Å². The second kappa shape index (κ2) is 7.19. The number of imide groups is 1. The van der Waals surface area contributed by atoms with Crippen LogP contribution >= 0.6 is 0 Å². The van der Waals surface area contributed by atoms with Crippen molar-refractivity contribution in [2.75, 3.05) is 13.7 Å². The molecule has 1 saturated carbocycles. The standard InChI is InChI=1S/C16H25N3O5/c1-4-10(2)12(13(21)24-3)17-11(20)9-19-14(22)16(18-15(19)23)7-5-6-8-16/h10,12H,4-9H2,1-3H3,(H,17,20)(H,18,23). The van der Waals surface area contributed by atoms with Crippen LogP contribution in [0.3, 0.4) is 0 Å². The molecule has 1 spiro atoms. The number of hydrogen-bond donors (Lipinski definition) is 2. The van der Waals surface area contributed by atoms with Crippen LogP contribution in [0.5, 0.6) is 0 Å². The van der Waals surface area contributed by atoms with Crippen molar-refractivity contribution >= 4 is 23.8 Å². The molecule has 8 heteroatoms. The lowest BCUT2D eigenvalue weighted by Gasteiger charge is -2.23. The van der Waals surface area contributed by atoms with Crippen molar-refractivity contribution < 1.29 is 23.9 Å². The van der Waals surface area contributed by atoms with Gasteiger partial charge in [0.2, 0.25) is 5.91 Å². The molecule has 2 rings (SSSR count). The highest BCUT2D eigenvalue weighted by Crippen LogP contribution is 2.34. The summed E-state index contributed by atoms with van der Waals surface area (Å²) in [6, 6.07) is -1.34. The Labute approximate surface area is 141 Å². The average molecular weight is 339 g/mol. The Morgan fingerprint density at radius 3 is 2.50 bits per heavy atom. The lowest BCUT2D eigenvalue weighted by Crippen LogP contribution is -2.50. The molecule has 2 unspecified atom stereocenters. The van der Waals surface area contributed by atoms with Gasteiger partial charge in [-0.05, 0) is 18.8 Å². The zero-order valence-electron chi connectivity index (χ0n) is 14.4. The van der Waals surface area contributed by atoms with Crippen LogP contribution in [0.2, 0.25) is 0 Å². The third-order valence-electron chi connectivity index (χ3n) is 4.99. The second-order valence-electron chi connectivity index (χ2n) is 6.56. The number of rotatable bonds is 6. The van der Waals surface area contributed by atoms with Crippen LogP contribution < -0.4 is 10.6 Å². The minimum Gasteiger partial charge on any atom is -0.467 e. The summed E-state index contributed by atoms with van der Waals surface area (Å²) in [6.07, 6.45) is 3.64. The van der Waals surface area contributed by atoms with Crippen LogP contribution in [-0.4, -0.2) is 54.0 Å². The number of nitrogens with one attached hydrogen (secondary N) is 2. The zero-order valence-corrected chi connectivity index (χ0v) is 14.4. The number of amides is 4. The molecular weight excluding hydrogens is 314 g/mol. The van der Waals surface area contributed by atoms with Gasteiger partial charge in [-0.3, -0.25) is 14.5 Å². The zero-order chi connectivity index (χ0) is 17.9. The summed E-state index contributed by atoms with van der Waals surface area (Å²) in [5.74, 6) is -1.56. The predicted octanol–water partition coefficient (Wildman–Crippen LogP) is 0.555. The van der Waals surface area contributed by atoms with E-state index in [9.17, 15) is 19.2 Å². The Hall–Kier alpha value is -2.12. The van der Waals surface area contributed by atoms with Crippen molar-refractivity contribution in [3.63, 3.8) is 0 Å². The third kappa shape index (κ3) is 3.37. The topological polar surface area (TPSA) is 105 Å². The summed E-state index contributed by atoms with van der Waals surface area (Å²) in [5.41, 5.74) is -0.837. The Bertz CT molecular complexity index is 542. The van der Waals surface area contributed by atoms with E-state index >= 15 is 0 Å². The molecule has 0 bridgehead atoms. The minimum absolute atomic E-state index is 0.120. The summed E-state index contributed by atoms with van der Waals surface area (Å²) in [5, 5.41) is 5.30. The second-order valence-corrected chi connectivity index (χ2v) is 6.56. The molecule has 8 nitrogen and oxygen atoms in total. The molecule has 1 heterocycles. The lowest BCUT2D eigenvalue weighted by atomic mass is 9.98. The van der Waals surface area contributed by atoms with Gasteiger partial charge in [0.15, 0.2) is 0 Å². The van der Waals surface area contributed by atoms with Crippen LogP contribution in [0, 0.1) is 5.92 Å². The summed E-state index contributed by atoms with van der Waals surface area (Å²) in [4.78, 5) is 49.6. The maximum Gasteiger partial charge on any atom is 0.328 e. The number of carbonyl (C=O) groups excluding carboxylic acids is 4. The summed E-state index contributed by atoms with van der Waals surface area (Å²) in [7, 11) is 1.26. The van der Waals surface area contributed by atoms with E-state index in [2.05, 4.69) is 10.6 Å². The molecule has 1 aliphatic carbocycles. The highest BCUT2D eigenvalue weighted by molar-refractivity contribution is 6.09. The molecule has 0 aromatic rings. The number of nitrogens with zero attached hydrogens (tertiary/aromatic N) is 1. The van der Waals surface area contributed by atoms with Crippen molar-refractivity contribution in [2.24, 2.45) is 5.92 Å². The van der Waals surface area contributed by atoms with E-state index in [-0.39, 0.29) is 11.8 Å². The van der Waals surface area contributed by atoms with E-state index in [1.165, 1.54) is 7.11 Å². The van der Waals surface area contributed by atoms with E-state index in [4.69, 9.17) is 4.74 Å². The van der Waals surface area contributed by atoms with Gasteiger partial charge in [0.1, 0.15) is 18.1 Å². The van der Waals surface area contributed by atoms with Gasteiger partial charge < -0.3 is 15.4 Å². The monoisotopic (exact) mass is 339 g/mol. The first-order valence-electron chi connectivity index (χ1n) is 8.36. The first-order valence-corrected chi connectivity index (χ1v) is 8.36. The number of esters is 1. The molecule has 2 N–H and O–H groups in total. The number of hydrogen-bond acceptors (Lipinski definition) is 5. The predicted molar refractivity (Wildman–Crippen MR) is 84.8 cm³/mol. The van der Waals surface area contributed by atoms with Gasteiger partial charge in [0.25, 0.3) is 5.91 Å². The third-order valence-corrected chi connectivity index (χ3v) is 4.99. The number of ether oxygens (including phenoxy) is 1. The van der Waals surface area contributed by atoms with E-state index in [1.54, 1.807) is 0 Å². The first-order chi connectivity index (χ1) is 11.3. The average Bonchev–Trinajstić information content (AvgIpc) is 3.12. The van der Waals surface area contributed by atoms with Crippen molar-refractivity contribution in [3.8, 4) is 0 Å². The van der Waals surface area contributed by atoms with Gasteiger partial charge in [0.05, 0.1) is 7.11 Å². The number of methoxy groups -OCH3 is 1. The van der Waals surface area contributed by atoms with Crippen LogP contribution in [0.25, 0.3) is 0 Å². The first kappa shape index (κ1) is 18.2. The van der Waals surface area contributed by atoms with Gasteiger partial charge in [0, 0.05) is 0 Å². The van der Waals surface area contributed by atoms with E-state index in [0.717, 1.165) is 17.7 Å². The Kier molecular flexibility index (Phi) is 5.46. The summed E-state index contributed by atoms with van der Waals surface area (Å²) < 4.78 is 4.71. The van der Waals surface area contributed by atoms with Gasteiger partial charge in [-0.15, -0.1) is 0 Å². The van der Waals surface area contributed by atoms with Crippen molar-refractivity contribution in [1.82, 2.24) is 15.5 Å².